The van der Waals surface area contributed by atoms with Gasteiger partial charge in [-0.05, 0) is 48.4 Å². The highest BCUT2D eigenvalue weighted by Crippen LogP contribution is 2.20. The smallest absolute Gasteiger partial charge is 0.408 e. The number of carbonyl (C=O) groups excluding carboxylic acids is 4. The monoisotopic (exact) mass is 666 g/mol. The Morgan fingerprint density at radius 3 is 2.37 bits per heavy atom. The third-order valence-electron chi connectivity index (χ3n) is 8.38. The Hall–Kier alpha value is -5.42. The van der Waals surface area contributed by atoms with Crippen LogP contribution in [0, 0.1) is 5.92 Å². The number of nitrogens with one attached hydrogen (secondary N) is 4. The molecule has 3 aromatic carbocycles. The molecular weight excluding hydrogens is 624 g/mol. The van der Waals surface area contributed by atoms with Gasteiger partial charge in [0, 0.05) is 23.5 Å². The minimum Gasteiger partial charge on any atom is -0.462 e. The van der Waals surface area contributed by atoms with Crippen LogP contribution < -0.4 is 16.0 Å². The van der Waals surface area contributed by atoms with Crippen molar-refractivity contribution >= 4 is 34.8 Å². The molecule has 0 saturated heterocycles. The van der Waals surface area contributed by atoms with Crippen molar-refractivity contribution < 1.29 is 33.8 Å². The number of esters is 1. The van der Waals surface area contributed by atoms with Gasteiger partial charge in [0.15, 0.2) is 0 Å². The van der Waals surface area contributed by atoms with Gasteiger partial charge in [-0.1, -0.05) is 91.0 Å². The second-order valence-corrected chi connectivity index (χ2v) is 12.1. The van der Waals surface area contributed by atoms with Crippen molar-refractivity contribution in [3.8, 4) is 0 Å². The molecule has 2 heterocycles. The Bertz CT molecular complexity index is 1720. The average molecular weight is 667 g/mol. The Morgan fingerprint density at radius 1 is 0.918 bits per heavy atom. The van der Waals surface area contributed by atoms with Gasteiger partial charge in [-0.3, -0.25) is 9.59 Å². The summed E-state index contributed by atoms with van der Waals surface area (Å²) in [6, 6.07) is 24.3. The lowest BCUT2D eigenvalue weighted by molar-refractivity contribution is -0.147. The minimum atomic E-state index is -1.03. The predicted molar refractivity (Wildman–Crippen MR) is 184 cm³/mol. The Labute approximate surface area is 285 Å². The van der Waals surface area contributed by atoms with Crippen molar-refractivity contribution in [2.75, 3.05) is 13.2 Å². The van der Waals surface area contributed by atoms with Gasteiger partial charge in [0.05, 0.1) is 24.6 Å². The summed E-state index contributed by atoms with van der Waals surface area (Å²) >= 11 is 0. The lowest BCUT2D eigenvalue weighted by atomic mass is 9.97. The topological polar surface area (TPSA) is 159 Å². The number of aromatic nitrogens is 1. The van der Waals surface area contributed by atoms with E-state index in [9.17, 15) is 24.3 Å². The van der Waals surface area contributed by atoms with Crippen LogP contribution in [0.2, 0.25) is 0 Å². The zero-order valence-electron chi connectivity index (χ0n) is 27.2. The van der Waals surface area contributed by atoms with Gasteiger partial charge in [-0.25, -0.2) is 9.59 Å². The summed E-state index contributed by atoms with van der Waals surface area (Å²) in [4.78, 5) is 56.0. The number of aromatic amines is 1. The molecule has 0 fully saturated rings. The van der Waals surface area contributed by atoms with Crippen molar-refractivity contribution in [3.05, 3.63) is 120 Å². The third-order valence-corrected chi connectivity index (χ3v) is 8.38. The number of hydrogen-bond acceptors (Lipinski definition) is 7. The van der Waals surface area contributed by atoms with Crippen LogP contribution in [0.15, 0.2) is 103 Å². The summed E-state index contributed by atoms with van der Waals surface area (Å²) in [5.41, 5.74) is 3.62. The number of hydrogen-bond donors (Lipinski definition) is 5. The maximum Gasteiger partial charge on any atom is 0.408 e. The molecule has 3 amide bonds. The molecule has 0 unspecified atom stereocenters. The molecule has 4 aromatic rings. The number of H-pyrrole nitrogens is 1. The highest BCUT2D eigenvalue weighted by atomic mass is 16.6. The number of alkyl carbamates (subject to hydrolysis) is 1. The van der Waals surface area contributed by atoms with Crippen molar-refractivity contribution in [2.24, 2.45) is 5.92 Å². The Kier molecular flexibility index (Phi) is 12.6. The number of allylic oxidation sites excluding steroid dienone is 1. The number of benzene rings is 3. The van der Waals surface area contributed by atoms with E-state index in [0.717, 1.165) is 27.6 Å². The van der Waals surface area contributed by atoms with E-state index in [4.69, 9.17) is 9.47 Å². The summed E-state index contributed by atoms with van der Waals surface area (Å²) in [6.07, 6.45) is 5.47. The van der Waals surface area contributed by atoms with Crippen LogP contribution in [0.25, 0.3) is 10.9 Å². The molecule has 4 atom stereocenters. The van der Waals surface area contributed by atoms with Crippen molar-refractivity contribution in [1.82, 2.24) is 20.9 Å². The molecule has 1 aliphatic heterocycles. The molecule has 256 valence electrons. The fourth-order valence-electron chi connectivity index (χ4n) is 5.79. The lowest BCUT2D eigenvalue weighted by Gasteiger charge is -2.25. The number of carbonyl (C=O) groups is 4. The fourth-order valence-corrected chi connectivity index (χ4v) is 5.79. The van der Waals surface area contributed by atoms with Gasteiger partial charge in [0.2, 0.25) is 11.8 Å². The number of fused-ring (bicyclic) bond motifs is 1. The molecular formula is C38H42N4O7. The zero-order valence-corrected chi connectivity index (χ0v) is 27.2. The van der Waals surface area contributed by atoms with Gasteiger partial charge in [0.1, 0.15) is 19.3 Å². The van der Waals surface area contributed by atoms with E-state index in [-0.39, 0.29) is 50.9 Å². The first-order chi connectivity index (χ1) is 23.9. The van der Waals surface area contributed by atoms with Crippen molar-refractivity contribution in [2.45, 2.75) is 56.8 Å². The maximum absolute atomic E-state index is 13.7. The lowest BCUT2D eigenvalue weighted by Crippen LogP contribution is -2.47. The summed E-state index contributed by atoms with van der Waals surface area (Å²) < 4.78 is 11.0. The molecule has 5 N–H and O–H groups in total. The second-order valence-electron chi connectivity index (χ2n) is 12.1. The third kappa shape index (κ3) is 10.5. The van der Waals surface area contributed by atoms with Crippen LogP contribution in [0.5, 0.6) is 0 Å². The van der Waals surface area contributed by atoms with Gasteiger partial charge in [-0.2, -0.15) is 0 Å². The molecule has 49 heavy (non-hydrogen) atoms. The van der Waals surface area contributed by atoms with Crippen LogP contribution in [0.3, 0.4) is 0 Å². The summed E-state index contributed by atoms with van der Waals surface area (Å²) in [5.74, 6) is -2.13. The first-order valence-corrected chi connectivity index (χ1v) is 16.5. The number of rotatable bonds is 11. The number of cyclic esters (lactones) is 1. The second kappa shape index (κ2) is 17.7. The number of amides is 3. The van der Waals surface area contributed by atoms with Gasteiger partial charge < -0.3 is 35.5 Å². The van der Waals surface area contributed by atoms with E-state index in [1.807, 2.05) is 91.1 Å². The molecule has 1 aliphatic rings. The van der Waals surface area contributed by atoms with E-state index >= 15 is 0 Å². The first kappa shape index (κ1) is 34.9. The summed E-state index contributed by atoms with van der Waals surface area (Å²) in [6.45, 7) is -0.375. The quantitative estimate of drug-likeness (QED) is 0.119. The normalized spacial score (nSPS) is 19.1. The molecule has 11 heteroatoms. The number of aliphatic hydroxyl groups is 1. The van der Waals surface area contributed by atoms with E-state index in [1.165, 1.54) is 0 Å². The number of ether oxygens (including phenoxy) is 2. The molecule has 0 aliphatic carbocycles. The largest absolute Gasteiger partial charge is 0.462 e. The molecule has 0 radical (unpaired) electrons. The van der Waals surface area contributed by atoms with Crippen LogP contribution in [-0.4, -0.2) is 65.3 Å². The number of para-hydroxylation sites is 1. The van der Waals surface area contributed by atoms with Crippen molar-refractivity contribution in [1.29, 1.82) is 0 Å². The van der Waals surface area contributed by atoms with Crippen LogP contribution in [-0.2, 0) is 43.3 Å². The molecule has 5 rings (SSSR count). The average Bonchev–Trinajstić information content (AvgIpc) is 3.52. The Morgan fingerprint density at radius 2 is 1.61 bits per heavy atom. The zero-order chi connectivity index (χ0) is 34.4. The summed E-state index contributed by atoms with van der Waals surface area (Å²) in [7, 11) is 0. The van der Waals surface area contributed by atoms with Gasteiger partial charge >= 0.3 is 12.1 Å². The van der Waals surface area contributed by atoms with E-state index in [1.54, 1.807) is 12.2 Å². The predicted octanol–water partition coefficient (Wildman–Crippen LogP) is 4.11. The van der Waals surface area contributed by atoms with Gasteiger partial charge in [0.25, 0.3) is 0 Å². The fraction of sp³-hybridized carbons (Fsp3) is 0.316. The highest BCUT2D eigenvalue weighted by Gasteiger charge is 2.28. The van der Waals surface area contributed by atoms with Gasteiger partial charge in [-0.15, -0.1) is 0 Å². The SMILES string of the molecule is O=C(C[C@H]1CC=CC[C@@H](NC(=O)OCc2ccccc2)C(=O)OC[C@H](Cc2c[nH]c3ccccc23)NC1=O)N[C@H](CO)Cc1ccccc1. The van der Waals surface area contributed by atoms with Crippen molar-refractivity contribution in [3.63, 3.8) is 0 Å². The van der Waals surface area contributed by atoms with Crippen LogP contribution in [0.1, 0.15) is 36.0 Å². The molecule has 1 aromatic heterocycles. The number of aliphatic hydroxyl groups excluding tert-OH is 1. The molecule has 11 nitrogen and oxygen atoms in total. The van der Waals surface area contributed by atoms with E-state index in [0.29, 0.717) is 12.8 Å². The minimum absolute atomic E-state index is 0.0369. The maximum atomic E-state index is 13.7. The standard InChI is InChI=1S/C38H42N4O7/c43-23-30(19-26-11-3-1-4-12-26)40-35(44)21-28-15-7-9-18-34(42-38(47)49-24-27-13-5-2-6-14-27)37(46)48-25-31(41-36(28)45)20-29-22-39-33-17-10-8-16-32(29)33/h1-14,16-17,22,28,30-31,34,39,43H,15,18-21,23-25H2,(H,40,44)(H,41,45)(H,42,47)/t28-,30+,31+,34-/m1/s1. The highest BCUT2D eigenvalue weighted by molar-refractivity contribution is 5.87. The van der Waals surface area contributed by atoms with Crippen LogP contribution in [0.4, 0.5) is 4.79 Å². The van der Waals surface area contributed by atoms with E-state index < -0.39 is 36.1 Å². The van der Waals surface area contributed by atoms with Crippen LogP contribution >= 0.6 is 0 Å². The molecule has 0 spiro atoms. The Balaban J connectivity index is 1.29. The first-order valence-electron chi connectivity index (χ1n) is 16.5. The van der Waals surface area contributed by atoms with E-state index in [2.05, 4.69) is 20.9 Å². The molecule has 0 saturated carbocycles. The molecule has 0 bridgehead atoms. The summed E-state index contributed by atoms with van der Waals surface area (Å²) in [5, 5.41) is 19.4.